The van der Waals surface area contributed by atoms with Crippen molar-refractivity contribution in [3.63, 3.8) is 0 Å². The van der Waals surface area contributed by atoms with Crippen LogP contribution in [0, 0.1) is 0 Å². The van der Waals surface area contributed by atoms with Gasteiger partial charge in [0.15, 0.2) is 9.84 Å². The maximum atomic E-state index is 12.3. The summed E-state index contributed by atoms with van der Waals surface area (Å²) in [5.74, 6) is 1.21. The molecule has 2 aromatic rings. The van der Waals surface area contributed by atoms with E-state index >= 15 is 0 Å². The molecular weight excluding hydrogens is 482 g/mol. The first-order valence-electron chi connectivity index (χ1n) is 12.7. The third kappa shape index (κ3) is 4.51. The van der Waals surface area contributed by atoms with Gasteiger partial charge >= 0.3 is 5.97 Å². The van der Waals surface area contributed by atoms with Gasteiger partial charge in [-0.3, -0.25) is 20.1 Å². The van der Waals surface area contributed by atoms with Gasteiger partial charge in [0.25, 0.3) is 0 Å². The van der Waals surface area contributed by atoms with E-state index in [0.717, 1.165) is 38.5 Å². The Morgan fingerprint density at radius 1 is 1.08 bits per heavy atom. The minimum absolute atomic E-state index is 0.0262. The third-order valence-electron chi connectivity index (χ3n) is 7.90. The molecule has 4 aliphatic heterocycles. The first-order valence-corrected chi connectivity index (χ1v) is 14.6. The van der Waals surface area contributed by atoms with Crippen molar-refractivity contribution in [2.24, 2.45) is 0 Å². The van der Waals surface area contributed by atoms with Crippen molar-refractivity contribution in [1.82, 2.24) is 25.7 Å². The number of rotatable bonds is 6. The molecule has 4 N–H and O–H groups in total. The number of nitrogens with zero attached hydrogens (tertiary/aromatic N) is 3. The number of cyclic esters (lactones) is 1. The van der Waals surface area contributed by atoms with Crippen LogP contribution in [0.1, 0.15) is 45.4 Å². The molecule has 6 atom stereocenters. The Bertz CT molecular complexity index is 1270. The number of aromatic nitrogens is 2. The number of pyridine rings is 2. The summed E-state index contributed by atoms with van der Waals surface area (Å²) < 4.78 is 29.7. The lowest BCUT2D eigenvalue weighted by molar-refractivity contribution is -0.143. The lowest BCUT2D eigenvalue weighted by Crippen LogP contribution is -2.53. The predicted molar refractivity (Wildman–Crippen MR) is 135 cm³/mol. The highest BCUT2D eigenvalue weighted by Crippen LogP contribution is 2.40. The van der Waals surface area contributed by atoms with E-state index in [1.165, 1.54) is 12.5 Å². The largest absolute Gasteiger partial charge is 0.464 e. The van der Waals surface area contributed by atoms with Gasteiger partial charge in [0.2, 0.25) is 0 Å². The van der Waals surface area contributed by atoms with Crippen molar-refractivity contribution >= 4 is 38.3 Å². The molecule has 2 aromatic heterocycles. The van der Waals surface area contributed by atoms with Crippen molar-refractivity contribution in [3.05, 3.63) is 18.3 Å². The van der Waals surface area contributed by atoms with Gasteiger partial charge < -0.3 is 15.4 Å². The monoisotopic (exact) mass is 515 g/mol. The highest BCUT2D eigenvalue weighted by atomic mass is 32.2. The van der Waals surface area contributed by atoms with Crippen molar-refractivity contribution in [3.8, 4) is 0 Å². The van der Waals surface area contributed by atoms with E-state index in [4.69, 9.17) is 9.72 Å². The molecule has 6 rings (SSSR count). The lowest BCUT2D eigenvalue weighted by atomic mass is 9.94. The number of hydrogen-bond acceptors (Lipinski definition) is 11. The van der Waals surface area contributed by atoms with Gasteiger partial charge in [0.1, 0.15) is 17.7 Å². The van der Waals surface area contributed by atoms with Crippen molar-refractivity contribution in [2.45, 2.75) is 86.7 Å². The molecule has 0 aromatic carbocycles. The summed E-state index contributed by atoms with van der Waals surface area (Å²) in [6.45, 7) is 2.62. The topological polar surface area (TPSA) is 138 Å². The number of carbonyl (C=O) groups is 1. The molecule has 3 unspecified atom stereocenters. The zero-order chi connectivity index (χ0) is 25.0. The van der Waals surface area contributed by atoms with E-state index in [-0.39, 0.29) is 29.1 Å². The van der Waals surface area contributed by atoms with Crippen LogP contribution >= 0.6 is 0 Å². The van der Waals surface area contributed by atoms with Gasteiger partial charge in [0.05, 0.1) is 23.2 Å². The highest BCUT2D eigenvalue weighted by molar-refractivity contribution is 7.90. The summed E-state index contributed by atoms with van der Waals surface area (Å²) >= 11 is 0. The van der Waals surface area contributed by atoms with E-state index in [1.807, 2.05) is 6.07 Å². The Hall–Kier alpha value is -2.54. The minimum Gasteiger partial charge on any atom is -0.464 e. The first-order chi connectivity index (χ1) is 17.2. The van der Waals surface area contributed by atoms with E-state index < -0.39 is 9.84 Å². The fraction of sp³-hybridized carbons (Fsp3) is 0.625. The number of fused-ring (bicyclic) bond motifs is 3. The average molecular weight is 516 g/mol. The summed E-state index contributed by atoms with van der Waals surface area (Å²) in [4.78, 5) is 24.2. The molecule has 4 saturated heterocycles. The summed E-state index contributed by atoms with van der Waals surface area (Å²) in [6.07, 6.45) is 8.22. The molecule has 6 heterocycles. The average Bonchev–Trinajstić information content (AvgIpc) is 3.49. The summed E-state index contributed by atoms with van der Waals surface area (Å²) in [5.41, 5.74) is 7.10. The standard InChI is InChI=1S/C24H33N7O4S/c1-13-7-22(30-29-13)27-21-11-19-18(10-17(12-25-19)36(2,33)34)23(28-21)26-14-8-15-3-4-16(9-14)31(15)20-5-6-35-24(20)32/h10-16,20,22,29-30H,3-9H2,1-2H3,(H2,26,27,28)/t13?,14?,15-,16+,20-,22?/m0/s1. The SMILES string of the molecule is CC1CC(Nc2cc3ncc(S(C)(=O)=O)cc3c(NC3C[C@H]4CC[C@@H](C3)N4[C@H]3CCOC3=O)n2)NN1. The predicted octanol–water partition coefficient (Wildman–Crippen LogP) is 1.38. The van der Waals surface area contributed by atoms with Crippen LogP contribution in [0.4, 0.5) is 11.6 Å². The maximum absolute atomic E-state index is 12.3. The molecule has 0 spiro atoms. The van der Waals surface area contributed by atoms with Gasteiger partial charge in [-0.25, -0.2) is 18.8 Å². The molecule has 11 nitrogen and oxygen atoms in total. The number of carbonyl (C=O) groups excluding carboxylic acids is 1. The Balaban J connectivity index is 1.29. The molecule has 0 amide bonds. The van der Waals surface area contributed by atoms with Crippen molar-refractivity contribution in [1.29, 1.82) is 0 Å². The lowest BCUT2D eigenvalue weighted by Gasteiger charge is -2.41. The third-order valence-corrected chi connectivity index (χ3v) is 8.98. The number of hydrogen-bond donors (Lipinski definition) is 4. The van der Waals surface area contributed by atoms with Crippen molar-refractivity contribution in [2.75, 3.05) is 23.5 Å². The van der Waals surface area contributed by atoms with Crippen LogP contribution in [-0.2, 0) is 19.4 Å². The number of hydrazine groups is 1. The van der Waals surface area contributed by atoms with Gasteiger partial charge in [0, 0.05) is 54.5 Å². The molecule has 2 bridgehead atoms. The van der Waals surface area contributed by atoms with E-state index in [1.54, 1.807) is 6.07 Å². The van der Waals surface area contributed by atoms with Crippen LogP contribution in [0.5, 0.6) is 0 Å². The quantitative estimate of drug-likeness (QED) is 0.415. The summed E-state index contributed by atoms with van der Waals surface area (Å²) in [6, 6.07) is 4.55. The fourth-order valence-corrected chi connectivity index (χ4v) is 6.84. The molecule has 36 heavy (non-hydrogen) atoms. The van der Waals surface area contributed by atoms with Crippen LogP contribution < -0.4 is 21.5 Å². The van der Waals surface area contributed by atoms with Gasteiger partial charge in [-0.2, -0.15) is 0 Å². The van der Waals surface area contributed by atoms with E-state index in [2.05, 4.69) is 38.3 Å². The highest BCUT2D eigenvalue weighted by Gasteiger charge is 2.47. The molecule has 12 heteroatoms. The Kier molecular flexibility index (Phi) is 6.02. The van der Waals surface area contributed by atoms with Crippen LogP contribution in [0.15, 0.2) is 23.2 Å². The summed E-state index contributed by atoms with van der Waals surface area (Å²) in [5, 5.41) is 7.74. The second-order valence-electron chi connectivity index (χ2n) is 10.6. The molecule has 4 aliphatic rings. The zero-order valence-electron chi connectivity index (χ0n) is 20.5. The summed E-state index contributed by atoms with van der Waals surface area (Å²) in [7, 11) is -3.41. The number of anilines is 2. The van der Waals surface area contributed by atoms with Crippen LogP contribution in [-0.4, -0.2) is 78.5 Å². The Morgan fingerprint density at radius 3 is 2.50 bits per heavy atom. The maximum Gasteiger partial charge on any atom is 0.323 e. The van der Waals surface area contributed by atoms with E-state index in [0.29, 0.717) is 47.3 Å². The smallest absolute Gasteiger partial charge is 0.323 e. The Labute approximate surface area is 210 Å². The second kappa shape index (κ2) is 9.09. The molecule has 0 radical (unpaired) electrons. The molecule has 4 fully saturated rings. The zero-order valence-corrected chi connectivity index (χ0v) is 21.3. The fourth-order valence-electron chi connectivity index (χ4n) is 6.27. The number of sulfone groups is 1. The van der Waals surface area contributed by atoms with Gasteiger partial charge in [-0.1, -0.05) is 0 Å². The number of ether oxygens (including phenoxy) is 1. The molecule has 0 saturated carbocycles. The number of esters is 1. The van der Waals surface area contributed by atoms with Gasteiger partial charge in [-0.05, 0) is 45.1 Å². The Morgan fingerprint density at radius 2 is 1.86 bits per heavy atom. The first kappa shape index (κ1) is 23.8. The number of nitrogens with one attached hydrogen (secondary N) is 4. The minimum atomic E-state index is -3.41. The molecule has 194 valence electrons. The van der Waals surface area contributed by atoms with E-state index in [9.17, 15) is 13.2 Å². The van der Waals surface area contributed by atoms with Gasteiger partial charge in [-0.15, -0.1) is 0 Å². The van der Waals surface area contributed by atoms with Crippen LogP contribution in [0.25, 0.3) is 10.9 Å². The van der Waals surface area contributed by atoms with Crippen molar-refractivity contribution < 1.29 is 17.9 Å². The van der Waals surface area contributed by atoms with Crippen LogP contribution in [0.2, 0.25) is 0 Å². The molecule has 0 aliphatic carbocycles. The van der Waals surface area contributed by atoms with Crippen LogP contribution in [0.3, 0.4) is 0 Å². The normalized spacial score (nSPS) is 32.7. The molecular formula is C24H33N7O4S. The number of piperidine rings is 1. The second-order valence-corrected chi connectivity index (χ2v) is 12.6.